The Morgan fingerprint density at radius 1 is 1.11 bits per heavy atom. The molecule has 0 radical (unpaired) electrons. The van der Waals surface area contributed by atoms with Crippen molar-refractivity contribution < 1.29 is 34.1 Å². The van der Waals surface area contributed by atoms with Gasteiger partial charge in [0.1, 0.15) is 18.2 Å². The van der Waals surface area contributed by atoms with Gasteiger partial charge in [-0.25, -0.2) is 14.4 Å². The third-order valence-electron chi connectivity index (χ3n) is 3.19. The quantitative estimate of drug-likeness (QED) is 0.537. The van der Waals surface area contributed by atoms with Crippen molar-refractivity contribution in [1.82, 2.24) is 10.6 Å². The number of aliphatic hydroxyl groups is 1. The first-order chi connectivity index (χ1) is 12.6. The maximum Gasteiger partial charge on any atom is 0.408 e. The first-order valence-electron chi connectivity index (χ1n) is 8.42. The number of aliphatic hydroxyl groups excluding tert-OH is 1. The van der Waals surface area contributed by atoms with E-state index in [1.807, 2.05) is 18.2 Å². The number of nitrogens with one attached hydrogen (secondary N) is 2. The summed E-state index contributed by atoms with van der Waals surface area (Å²) >= 11 is 0. The topological polar surface area (TPSA) is 134 Å². The van der Waals surface area contributed by atoms with Crippen LogP contribution in [0.15, 0.2) is 30.3 Å². The van der Waals surface area contributed by atoms with Crippen LogP contribution in [0.25, 0.3) is 0 Å². The molecule has 0 aliphatic heterocycles. The number of benzene rings is 1. The maximum atomic E-state index is 11.7. The van der Waals surface area contributed by atoms with E-state index in [1.54, 1.807) is 32.9 Å². The first-order valence-corrected chi connectivity index (χ1v) is 8.42. The summed E-state index contributed by atoms with van der Waals surface area (Å²) in [5.41, 5.74) is 0.0243. The van der Waals surface area contributed by atoms with Gasteiger partial charge < -0.3 is 30.3 Å². The van der Waals surface area contributed by atoms with Gasteiger partial charge >= 0.3 is 18.2 Å². The molecule has 1 aromatic rings. The lowest BCUT2D eigenvalue weighted by atomic mass is 10.1. The van der Waals surface area contributed by atoms with E-state index in [2.05, 4.69) is 10.6 Å². The Kier molecular flexibility index (Phi) is 8.53. The lowest BCUT2D eigenvalue weighted by Gasteiger charge is -2.23. The van der Waals surface area contributed by atoms with Crippen molar-refractivity contribution in [3.05, 3.63) is 35.9 Å². The van der Waals surface area contributed by atoms with Gasteiger partial charge in [-0.05, 0) is 26.3 Å². The van der Waals surface area contributed by atoms with Crippen LogP contribution in [0, 0.1) is 0 Å². The molecule has 1 aromatic carbocycles. The summed E-state index contributed by atoms with van der Waals surface area (Å²) in [5.74, 6) is -1.33. The molecule has 9 nitrogen and oxygen atoms in total. The third kappa shape index (κ3) is 10.0. The molecule has 0 aliphatic carbocycles. The largest absolute Gasteiger partial charge is 0.480 e. The summed E-state index contributed by atoms with van der Waals surface area (Å²) in [5, 5.41) is 23.6. The number of amides is 2. The van der Waals surface area contributed by atoms with Gasteiger partial charge in [0.25, 0.3) is 0 Å². The van der Waals surface area contributed by atoms with E-state index in [4.69, 9.17) is 14.6 Å². The second kappa shape index (κ2) is 10.4. The Morgan fingerprint density at radius 2 is 1.74 bits per heavy atom. The second-order valence-corrected chi connectivity index (χ2v) is 6.87. The van der Waals surface area contributed by atoms with Crippen LogP contribution in [0.4, 0.5) is 9.59 Å². The average molecular weight is 382 g/mol. The molecule has 0 bridgehead atoms. The molecule has 1 rings (SSSR count). The maximum absolute atomic E-state index is 11.7. The van der Waals surface area contributed by atoms with Gasteiger partial charge in [0, 0.05) is 13.0 Å². The van der Waals surface area contributed by atoms with Gasteiger partial charge in [-0.3, -0.25) is 0 Å². The molecule has 0 saturated carbocycles. The van der Waals surface area contributed by atoms with E-state index in [1.165, 1.54) is 0 Å². The van der Waals surface area contributed by atoms with E-state index < -0.39 is 35.9 Å². The molecule has 9 heteroatoms. The highest BCUT2D eigenvalue weighted by Crippen LogP contribution is 2.08. The van der Waals surface area contributed by atoms with Gasteiger partial charge in [-0.2, -0.15) is 0 Å². The van der Waals surface area contributed by atoms with E-state index in [0.717, 1.165) is 5.56 Å². The van der Waals surface area contributed by atoms with E-state index in [0.29, 0.717) is 0 Å². The molecule has 0 heterocycles. The molecule has 27 heavy (non-hydrogen) atoms. The third-order valence-corrected chi connectivity index (χ3v) is 3.19. The van der Waals surface area contributed by atoms with E-state index >= 15 is 0 Å². The smallest absolute Gasteiger partial charge is 0.408 e. The number of hydrogen-bond acceptors (Lipinski definition) is 6. The van der Waals surface area contributed by atoms with Gasteiger partial charge in [0.15, 0.2) is 0 Å². The predicted octanol–water partition coefficient (Wildman–Crippen LogP) is 1.64. The first kappa shape index (κ1) is 22.2. The minimum absolute atomic E-state index is 0.0702. The normalized spacial score (nSPS) is 13.2. The van der Waals surface area contributed by atoms with Crippen molar-refractivity contribution in [1.29, 1.82) is 0 Å². The van der Waals surface area contributed by atoms with Crippen molar-refractivity contribution in [2.24, 2.45) is 0 Å². The summed E-state index contributed by atoms with van der Waals surface area (Å²) in [6, 6.07) is 7.68. The average Bonchev–Trinajstić information content (AvgIpc) is 2.56. The fourth-order valence-corrected chi connectivity index (χ4v) is 2.00. The van der Waals surface area contributed by atoms with Crippen LogP contribution in [0.5, 0.6) is 0 Å². The molecule has 0 spiro atoms. The summed E-state index contributed by atoms with van der Waals surface area (Å²) < 4.78 is 9.97. The number of rotatable bonds is 8. The molecule has 150 valence electrons. The Morgan fingerprint density at radius 3 is 2.30 bits per heavy atom. The van der Waals surface area contributed by atoms with Crippen LogP contribution in [0.3, 0.4) is 0 Å². The molecule has 0 fully saturated rings. The molecule has 0 saturated heterocycles. The molecule has 0 aliphatic rings. The number of ether oxygens (including phenoxy) is 2. The highest BCUT2D eigenvalue weighted by Gasteiger charge is 2.26. The summed E-state index contributed by atoms with van der Waals surface area (Å²) in [7, 11) is 0. The van der Waals surface area contributed by atoms with Gasteiger partial charge in [0.2, 0.25) is 0 Å². The number of hydrogen-bond donors (Lipinski definition) is 4. The van der Waals surface area contributed by atoms with Gasteiger partial charge in [-0.15, -0.1) is 0 Å². The molecule has 4 N–H and O–H groups in total. The number of carbonyl (C=O) groups is 3. The highest BCUT2D eigenvalue weighted by atomic mass is 16.6. The molecular formula is C18H26N2O7. The van der Waals surface area contributed by atoms with Gasteiger partial charge in [0.05, 0.1) is 6.10 Å². The molecule has 0 aromatic heterocycles. The molecule has 0 unspecified atom stereocenters. The second-order valence-electron chi connectivity index (χ2n) is 6.87. The molecular weight excluding hydrogens is 356 g/mol. The highest BCUT2D eigenvalue weighted by molar-refractivity contribution is 5.80. The summed E-state index contributed by atoms with van der Waals surface area (Å²) in [6.45, 7) is 4.76. The van der Waals surface area contributed by atoms with Crippen molar-refractivity contribution in [2.45, 2.75) is 51.5 Å². The Balaban J connectivity index is 2.38. The van der Waals surface area contributed by atoms with Crippen molar-refractivity contribution in [3.63, 3.8) is 0 Å². The summed E-state index contributed by atoms with van der Waals surface area (Å²) in [6.07, 6.45) is -3.17. The molecule has 2 amide bonds. The minimum atomic E-state index is -1.36. The van der Waals surface area contributed by atoms with Crippen molar-refractivity contribution >= 4 is 18.2 Å². The Bertz CT molecular complexity index is 628. The number of alkyl carbamates (subject to hydrolysis) is 2. The lowest BCUT2D eigenvalue weighted by Crippen LogP contribution is -2.46. The number of carboxylic acids is 1. The van der Waals surface area contributed by atoms with Crippen LogP contribution >= 0.6 is 0 Å². The van der Waals surface area contributed by atoms with Crippen molar-refractivity contribution in [3.8, 4) is 0 Å². The number of carbonyl (C=O) groups excluding carboxylic acids is 2. The SMILES string of the molecule is CC(C)(C)OC(=O)N[C@@H](C[C@@H](O)CNC(=O)OCc1ccccc1)C(=O)O. The number of carboxylic acid groups (broad SMARTS) is 1. The van der Waals surface area contributed by atoms with Crippen LogP contribution in [-0.4, -0.2) is 52.7 Å². The van der Waals surface area contributed by atoms with Crippen LogP contribution in [-0.2, 0) is 20.9 Å². The Hall–Kier alpha value is -2.81. The predicted molar refractivity (Wildman–Crippen MR) is 96.0 cm³/mol. The fraction of sp³-hybridized carbons (Fsp3) is 0.500. The lowest BCUT2D eigenvalue weighted by molar-refractivity contribution is -0.140. The van der Waals surface area contributed by atoms with E-state index in [-0.39, 0.29) is 19.6 Å². The summed E-state index contributed by atoms with van der Waals surface area (Å²) in [4.78, 5) is 34.5. The Labute approximate surface area is 157 Å². The number of aliphatic carboxylic acids is 1. The van der Waals surface area contributed by atoms with Crippen molar-refractivity contribution in [2.75, 3.05) is 6.54 Å². The zero-order valence-corrected chi connectivity index (χ0v) is 15.6. The zero-order chi connectivity index (χ0) is 20.4. The fourth-order valence-electron chi connectivity index (χ4n) is 2.00. The van der Waals surface area contributed by atoms with Crippen LogP contribution in [0.2, 0.25) is 0 Å². The monoisotopic (exact) mass is 382 g/mol. The van der Waals surface area contributed by atoms with Crippen LogP contribution < -0.4 is 10.6 Å². The zero-order valence-electron chi connectivity index (χ0n) is 15.6. The molecule has 2 atom stereocenters. The standard InChI is InChI=1S/C18H26N2O7/c1-18(2,3)27-17(25)20-14(15(22)23)9-13(21)10-19-16(24)26-11-12-7-5-4-6-8-12/h4-8,13-14,21H,9-11H2,1-3H3,(H,19,24)(H,20,25)(H,22,23)/t13-,14+/m1/s1. The van der Waals surface area contributed by atoms with Crippen LogP contribution in [0.1, 0.15) is 32.8 Å². The van der Waals surface area contributed by atoms with E-state index in [9.17, 15) is 19.5 Å². The van der Waals surface area contributed by atoms with Gasteiger partial charge in [-0.1, -0.05) is 30.3 Å². The minimum Gasteiger partial charge on any atom is -0.480 e.